The third-order valence-electron chi connectivity index (χ3n) is 1.79. The van der Waals surface area contributed by atoms with Crippen LogP contribution in [0, 0.1) is 0 Å². The van der Waals surface area contributed by atoms with Crippen molar-refractivity contribution in [1.82, 2.24) is 0 Å². The lowest BCUT2D eigenvalue weighted by Gasteiger charge is -2.13. The number of ketones is 1. The topological polar surface area (TPSA) is 43.4 Å². The second kappa shape index (κ2) is 6.05. The van der Waals surface area contributed by atoms with Gasteiger partial charge in [-0.3, -0.25) is 4.79 Å². The monoisotopic (exact) mass is 276 g/mol. The lowest BCUT2D eigenvalue weighted by Crippen LogP contribution is -2.24. The van der Waals surface area contributed by atoms with E-state index in [-0.39, 0.29) is 12.4 Å². The maximum Gasteiger partial charge on any atom is 0.333 e. The van der Waals surface area contributed by atoms with Crippen molar-refractivity contribution in [2.45, 2.75) is 37.9 Å². The molecule has 0 saturated carbocycles. The molecule has 0 amide bonds. The summed E-state index contributed by atoms with van der Waals surface area (Å²) in [6.07, 6.45) is 0.953. The maximum atomic E-state index is 11.4. The van der Waals surface area contributed by atoms with Crippen LogP contribution in [0.3, 0.4) is 0 Å². The van der Waals surface area contributed by atoms with Crippen LogP contribution < -0.4 is 0 Å². The Morgan fingerprint density at radius 2 is 1.93 bits per heavy atom. The second-order valence-electron chi connectivity index (χ2n) is 3.92. The van der Waals surface area contributed by atoms with Crippen molar-refractivity contribution >= 4 is 27.7 Å². The minimum absolute atomic E-state index is 0.105. The van der Waals surface area contributed by atoms with E-state index in [1.165, 1.54) is 0 Å². The highest BCUT2D eigenvalue weighted by molar-refractivity contribution is 9.10. The summed E-state index contributed by atoms with van der Waals surface area (Å²) in [6.45, 7) is 8.92. The average molecular weight is 277 g/mol. The highest BCUT2D eigenvalue weighted by Crippen LogP contribution is 2.19. The van der Waals surface area contributed by atoms with E-state index in [2.05, 4.69) is 22.5 Å². The first-order chi connectivity index (χ1) is 6.75. The number of carbonyl (C=O) groups excluding carboxylic acids is 2. The Hall–Kier alpha value is -0.640. The zero-order chi connectivity index (χ0) is 12.1. The number of halogens is 1. The number of rotatable bonds is 6. The number of ether oxygens (including phenoxy) is 1. The first-order valence-electron chi connectivity index (χ1n) is 4.80. The predicted molar refractivity (Wildman–Crippen MR) is 63.0 cm³/mol. The zero-order valence-corrected chi connectivity index (χ0v) is 11.0. The van der Waals surface area contributed by atoms with E-state index in [0.29, 0.717) is 18.4 Å². The van der Waals surface area contributed by atoms with Gasteiger partial charge in [0, 0.05) is 12.0 Å². The van der Waals surface area contributed by atoms with E-state index < -0.39 is 10.3 Å². The van der Waals surface area contributed by atoms with E-state index in [1.807, 2.05) is 0 Å². The van der Waals surface area contributed by atoms with Crippen molar-refractivity contribution in [2.24, 2.45) is 0 Å². The van der Waals surface area contributed by atoms with Crippen LogP contribution in [0.25, 0.3) is 0 Å². The quantitative estimate of drug-likeness (QED) is 0.324. The number of Topliss-reactive ketones (excluding diaryl/α,β-unsaturated/α-hetero) is 1. The molecule has 15 heavy (non-hydrogen) atoms. The Morgan fingerprint density at radius 3 is 2.33 bits per heavy atom. The molecule has 0 fully saturated rings. The summed E-state index contributed by atoms with van der Waals surface area (Å²) >= 11 is 3.28. The normalized spacial score (nSPS) is 10.9. The fourth-order valence-electron chi connectivity index (χ4n) is 0.818. The van der Waals surface area contributed by atoms with Crippen molar-refractivity contribution in [3.8, 4) is 0 Å². The molecule has 0 atom stereocenters. The van der Waals surface area contributed by atoms with Crippen molar-refractivity contribution in [1.29, 1.82) is 0 Å². The molecule has 0 aliphatic carbocycles. The highest BCUT2D eigenvalue weighted by Gasteiger charge is 2.22. The molecule has 0 rings (SSSR count). The van der Waals surface area contributed by atoms with Gasteiger partial charge in [0.2, 0.25) is 0 Å². The Labute approximate surface area is 99.0 Å². The third-order valence-corrected chi connectivity index (χ3v) is 2.24. The minimum Gasteiger partial charge on any atom is -0.462 e. The van der Waals surface area contributed by atoms with Crippen molar-refractivity contribution in [3.63, 3.8) is 0 Å². The van der Waals surface area contributed by atoms with Crippen LogP contribution in [0.5, 0.6) is 0 Å². The van der Waals surface area contributed by atoms with Gasteiger partial charge in [0.15, 0.2) is 0 Å². The number of alkyl halides is 1. The van der Waals surface area contributed by atoms with E-state index >= 15 is 0 Å². The van der Waals surface area contributed by atoms with Crippen LogP contribution in [0.4, 0.5) is 0 Å². The summed E-state index contributed by atoms with van der Waals surface area (Å²) in [7, 11) is 0. The van der Waals surface area contributed by atoms with Crippen LogP contribution in [-0.4, -0.2) is 22.7 Å². The molecule has 0 N–H and O–H groups in total. The smallest absolute Gasteiger partial charge is 0.333 e. The van der Waals surface area contributed by atoms with Gasteiger partial charge in [-0.1, -0.05) is 22.5 Å². The predicted octanol–water partition coefficient (Wildman–Crippen LogP) is 2.63. The summed E-state index contributed by atoms with van der Waals surface area (Å²) < 4.78 is 4.37. The van der Waals surface area contributed by atoms with Gasteiger partial charge in [0.05, 0.1) is 10.9 Å². The van der Waals surface area contributed by atoms with Gasteiger partial charge in [-0.15, -0.1) is 0 Å². The van der Waals surface area contributed by atoms with Crippen LogP contribution in [0.2, 0.25) is 0 Å². The highest BCUT2D eigenvalue weighted by atomic mass is 79.9. The van der Waals surface area contributed by atoms with E-state index in [1.54, 1.807) is 20.8 Å². The van der Waals surface area contributed by atoms with Crippen LogP contribution >= 0.6 is 15.9 Å². The largest absolute Gasteiger partial charge is 0.462 e. The zero-order valence-electron chi connectivity index (χ0n) is 9.43. The second-order valence-corrected chi connectivity index (χ2v) is 5.90. The summed E-state index contributed by atoms with van der Waals surface area (Å²) in [5, 5.41) is 0. The molecular weight excluding hydrogens is 260 g/mol. The van der Waals surface area contributed by atoms with Gasteiger partial charge in [0.25, 0.3) is 0 Å². The molecule has 0 aliphatic heterocycles. The molecule has 3 nitrogen and oxygen atoms in total. The van der Waals surface area contributed by atoms with Gasteiger partial charge in [-0.2, -0.15) is 0 Å². The molecular formula is C11H17BrO3. The fourth-order valence-corrected chi connectivity index (χ4v) is 1.02. The summed E-state index contributed by atoms with van der Waals surface area (Å²) in [5.41, 5.74) is 0.377. The average Bonchev–Trinajstić information content (AvgIpc) is 2.09. The van der Waals surface area contributed by atoms with Crippen molar-refractivity contribution < 1.29 is 14.3 Å². The standard InChI is InChI=1S/C11H17BrO3/c1-8(2)10(14)15-7-5-6-9(13)11(3,4)12/h1,5-7H2,2-4H3. The lowest BCUT2D eigenvalue weighted by molar-refractivity contribution is -0.139. The number of carbonyl (C=O) groups is 2. The fraction of sp³-hybridized carbons (Fsp3) is 0.636. The Morgan fingerprint density at radius 1 is 1.40 bits per heavy atom. The molecule has 86 valence electrons. The van der Waals surface area contributed by atoms with Gasteiger partial charge in [0.1, 0.15) is 5.78 Å². The Balaban J connectivity index is 3.69. The van der Waals surface area contributed by atoms with Crippen molar-refractivity contribution in [3.05, 3.63) is 12.2 Å². The lowest BCUT2D eigenvalue weighted by atomic mass is 10.0. The van der Waals surface area contributed by atoms with E-state index in [9.17, 15) is 9.59 Å². The van der Waals surface area contributed by atoms with Gasteiger partial charge >= 0.3 is 5.97 Å². The Kier molecular flexibility index (Phi) is 5.80. The SMILES string of the molecule is C=C(C)C(=O)OCCCC(=O)C(C)(C)Br. The molecule has 0 aromatic carbocycles. The molecule has 0 bridgehead atoms. The van der Waals surface area contributed by atoms with E-state index in [0.717, 1.165) is 0 Å². The van der Waals surface area contributed by atoms with Gasteiger partial charge in [-0.05, 0) is 27.2 Å². The number of esters is 1. The molecule has 0 aromatic rings. The first-order valence-corrected chi connectivity index (χ1v) is 5.59. The molecule has 0 spiro atoms. The molecule has 0 heterocycles. The molecule has 0 unspecified atom stereocenters. The molecule has 0 saturated heterocycles. The minimum atomic E-state index is -0.495. The number of hydrogen-bond acceptors (Lipinski definition) is 3. The van der Waals surface area contributed by atoms with Crippen LogP contribution in [-0.2, 0) is 14.3 Å². The van der Waals surface area contributed by atoms with Crippen LogP contribution in [0.1, 0.15) is 33.6 Å². The molecule has 4 heteroatoms. The summed E-state index contributed by atoms with van der Waals surface area (Å²) in [5.74, 6) is -0.297. The van der Waals surface area contributed by atoms with Gasteiger partial charge in [-0.25, -0.2) is 4.79 Å². The first kappa shape index (κ1) is 14.4. The molecule has 0 aromatic heterocycles. The van der Waals surface area contributed by atoms with Crippen LogP contribution in [0.15, 0.2) is 12.2 Å². The third kappa shape index (κ3) is 6.44. The Bertz CT molecular complexity index is 263. The summed E-state index contributed by atoms with van der Waals surface area (Å²) in [4.78, 5) is 22.4. The number of hydrogen-bond donors (Lipinski definition) is 0. The van der Waals surface area contributed by atoms with E-state index in [4.69, 9.17) is 4.74 Å². The summed E-state index contributed by atoms with van der Waals surface area (Å²) in [6, 6.07) is 0. The molecule has 0 radical (unpaired) electrons. The van der Waals surface area contributed by atoms with Crippen molar-refractivity contribution in [2.75, 3.05) is 6.61 Å². The molecule has 0 aliphatic rings. The maximum absolute atomic E-state index is 11.4. The van der Waals surface area contributed by atoms with Gasteiger partial charge < -0.3 is 4.74 Å².